The molecule has 1 aromatic carbocycles. The second kappa shape index (κ2) is 9.13. The molecule has 1 fully saturated rings. The van der Waals surface area contributed by atoms with Crippen molar-refractivity contribution in [1.82, 2.24) is 24.9 Å². The number of halogens is 1. The van der Waals surface area contributed by atoms with E-state index in [4.69, 9.17) is 9.84 Å². The molecular weight excluding hydrogens is 469 g/mol. The number of fused-ring (bicyclic) bond motifs is 1. The minimum atomic E-state index is -1.06. The van der Waals surface area contributed by atoms with E-state index in [1.54, 1.807) is 37.4 Å². The number of anilines is 3. The summed E-state index contributed by atoms with van der Waals surface area (Å²) in [5.74, 6) is -0.673. The molecule has 0 aliphatic heterocycles. The van der Waals surface area contributed by atoms with Crippen LogP contribution >= 0.6 is 0 Å². The van der Waals surface area contributed by atoms with Crippen molar-refractivity contribution in [3.8, 4) is 17.0 Å². The Morgan fingerprint density at radius 3 is 2.61 bits per heavy atom. The number of nitrogens with one attached hydrogen (secondary N) is 3. The Balaban J connectivity index is 1.51. The zero-order chi connectivity index (χ0) is 25.4. The first-order valence-electron chi connectivity index (χ1n) is 11.0. The van der Waals surface area contributed by atoms with Crippen LogP contribution in [-0.2, 0) is 0 Å². The van der Waals surface area contributed by atoms with Gasteiger partial charge in [-0.2, -0.15) is 0 Å². The minimum absolute atomic E-state index is 0.0768. The van der Waals surface area contributed by atoms with E-state index in [9.17, 15) is 14.0 Å². The van der Waals surface area contributed by atoms with Crippen LogP contribution in [0.25, 0.3) is 16.9 Å². The molecule has 5 rings (SSSR count). The largest absolute Gasteiger partial charge is 0.494 e. The molecule has 0 unspecified atom stereocenters. The highest BCUT2D eigenvalue weighted by atomic mass is 19.1. The lowest BCUT2D eigenvalue weighted by atomic mass is 10.1. The van der Waals surface area contributed by atoms with Gasteiger partial charge in [-0.15, -0.1) is 5.10 Å². The first kappa shape index (κ1) is 23.0. The van der Waals surface area contributed by atoms with E-state index in [1.807, 2.05) is 0 Å². The lowest BCUT2D eigenvalue weighted by molar-refractivity contribution is 0.0696. The summed E-state index contributed by atoms with van der Waals surface area (Å²) in [6.45, 7) is 0. The summed E-state index contributed by atoms with van der Waals surface area (Å²) in [6, 6.07) is 9.70. The third-order valence-electron chi connectivity index (χ3n) is 5.77. The number of benzene rings is 1. The molecule has 0 bridgehead atoms. The number of aromatic nitrogens is 4. The van der Waals surface area contributed by atoms with E-state index in [-0.39, 0.29) is 11.3 Å². The quantitative estimate of drug-likeness (QED) is 0.292. The molecule has 1 amide bonds. The number of aromatic carboxylic acids is 1. The van der Waals surface area contributed by atoms with Gasteiger partial charge in [-0.1, -0.05) is 6.07 Å². The second-order valence-electron chi connectivity index (χ2n) is 8.15. The summed E-state index contributed by atoms with van der Waals surface area (Å²) >= 11 is 0. The Morgan fingerprint density at radius 2 is 1.97 bits per heavy atom. The molecule has 4 N–H and O–H groups in total. The van der Waals surface area contributed by atoms with E-state index in [1.165, 1.54) is 30.1 Å². The number of pyridine rings is 1. The summed E-state index contributed by atoms with van der Waals surface area (Å²) in [6.07, 6.45) is 1.95. The molecule has 0 saturated heterocycles. The van der Waals surface area contributed by atoms with Gasteiger partial charge in [0.25, 0.3) is 5.91 Å². The summed E-state index contributed by atoms with van der Waals surface area (Å²) in [5.41, 5.74) is 3.03. The molecule has 3 heterocycles. The van der Waals surface area contributed by atoms with Crippen molar-refractivity contribution in [3.05, 3.63) is 60.0 Å². The van der Waals surface area contributed by atoms with Crippen LogP contribution in [0.2, 0.25) is 0 Å². The van der Waals surface area contributed by atoms with E-state index in [0.717, 1.165) is 0 Å². The van der Waals surface area contributed by atoms with E-state index in [2.05, 4.69) is 31.0 Å². The highest BCUT2D eigenvalue weighted by molar-refractivity contribution is 5.94. The van der Waals surface area contributed by atoms with Crippen LogP contribution in [0.15, 0.2) is 48.8 Å². The molecule has 0 radical (unpaired) electrons. The zero-order valence-corrected chi connectivity index (χ0v) is 19.3. The molecular formula is C24H22FN7O4. The van der Waals surface area contributed by atoms with Gasteiger partial charge in [0.15, 0.2) is 22.9 Å². The maximum absolute atomic E-state index is 13.3. The maximum Gasteiger partial charge on any atom is 0.337 e. The molecule has 1 saturated carbocycles. The normalized spacial score (nSPS) is 16.4. The number of carbonyl (C=O) groups excluding carboxylic acids is 1. The fraction of sp³-hybridized carbons (Fsp3) is 0.208. The van der Waals surface area contributed by atoms with Gasteiger partial charge in [0.05, 0.1) is 42.0 Å². The van der Waals surface area contributed by atoms with Crippen molar-refractivity contribution >= 4 is 34.7 Å². The smallest absolute Gasteiger partial charge is 0.337 e. The third kappa shape index (κ3) is 4.24. The molecule has 3 aromatic heterocycles. The van der Waals surface area contributed by atoms with Gasteiger partial charge in [-0.25, -0.2) is 18.7 Å². The standard InChI is InChI=1S/C24H22FN7O4/c1-26-18-9-20(31-32-19(11-28-22(18)32)23(33)30-17-8-14(17)25)29-16-5-3-4-13(21(16)36-2)15-7-6-12(10-27-15)24(34)35/h3-7,9-11,14,17,26H,8H2,1-2H3,(H,29,31)(H,30,33)(H,34,35)/t14-,17+/m0/s1. The van der Waals surface area contributed by atoms with Crippen LogP contribution in [0.5, 0.6) is 5.75 Å². The SMILES string of the molecule is CNc1cc(Nc2cccc(-c3ccc(C(=O)O)cn3)c2OC)nn2c(C(=O)N[C@@H]3C[C@@H]3F)cnc12. The average molecular weight is 491 g/mol. The second-order valence-corrected chi connectivity index (χ2v) is 8.15. The summed E-state index contributed by atoms with van der Waals surface area (Å²) in [7, 11) is 3.23. The Morgan fingerprint density at radius 1 is 1.17 bits per heavy atom. The van der Waals surface area contributed by atoms with Gasteiger partial charge in [-0.3, -0.25) is 9.78 Å². The Hall–Kier alpha value is -4.74. The van der Waals surface area contributed by atoms with Crippen LogP contribution in [0, 0.1) is 0 Å². The maximum atomic E-state index is 13.3. The van der Waals surface area contributed by atoms with Gasteiger partial charge in [0.2, 0.25) is 0 Å². The van der Waals surface area contributed by atoms with Crippen molar-refractivity contribution in [2.45, 2.75) is 18.6 Å². The van der Waals surface area contributed by atoms with Crippen LogP contribution in [-0.4, -0.2) is 62.9 Å². The zero-order valence-electron chi connectivity index (χ0n) is 19.3. The number of carboxylic acids is 1. The van der Waals surface area contributed by atoms with Crippen LogP contribution in [0.3, 0.4) is 0 Å². The number of carboxylic acid groups (broad SMARTS) is 1. The van der Waals surface area contributed by atoms with Crippen molar-refractivity contribution in [2.75, 3.05) is 24.8 Å². The first-order chi connectivity index (χ1) is 17.4. The lowest BCUT2D eigenvalue weighted by Crippen LogP contribution is -2.28. The number of methoxy groups -OCH3 is 1. The van der Waals surface area contributed by atoms with E-state index in [0.29, 0.717) is 46.3 Å². The molecule has 36 heavy (non-hydrogen) atoms. The number of imidazole rings is 1. The fourth-order valence-electron chi connectivity index (χ4n) is 3.80. The summed E-state index contributed by atoms with van der Waals surface area (Å²) in [4.78, 5) is 32.4. The van der Waals surface area contributed by atoms with Gasteiger partial charge in [-0.05, 0) is 24.3 Å². The molecule has 184 valence electrons. The number of alkyl halides is 1. The van der Waals surface area contributed by atoms with E-state index >= 15 is 0 Å². The molecule has 2 atom stereocenters. The Kier molecular flexibility index (Phi) is 5.84. The molecule has 1 aliphatic rings. The monoisotopic (exact) mass is 491 g/mol. The average Bonchev–Trinajstić information content (AvgIpc) is 3.40. The molecule has 0 spiro atoms. The molecule has 4 aromatic rings. The molecule has 11 nitrogen and oxygen atoms in total. The highest BCUT2D eigenvalue weighted by Crippen LogP contribution is 2.37. The topological polar surface area (TPSA) is 143 Å². The number of amides is 1. The van der Waals surface area contributed by atoms with Gasteiger partial charge < -0.3 is 25.8 Å². The highest BCUT2D eigenvalue weighted by Gasteiger charge is 2.39. The van der Waals surface area contributed by atoms with Gasteiger partial charge in [0, 0.05) is 31.3 Å². The predicted octanol–water partition coefficient (Wildman–Crippen LogP) is 3.12. The third-order valence-corrected chi connectivity index (χ3v) is 5.77. The lowest BCUT2D eigenvalue weighted by Gasteiger charge is -2.15. The number of hydrogen-bond donors (Lipinski definition) is 4. The minimum Gasteiger partial charge on any atom is -0.494 e. The Bertz CT molecular complexity index is 1470. The summed E-state index contributed by atoms with van der Waals surface area (Å²) in [5, 5.41) is 22.6. The predicted molar refractivity (Wildman–Crippen MR) is 130 cm³/mol. The van der Waals surface area contributed by atoms with Gasteiger partial charge in [0.1, 0.15) is 6.17 Å². The van der Waals surface area contributed by atoms with Crippen LogP contribution in [0.4, 0.5) is 21.6 Å². The first-order valence-corrected chi connectivity index (χ1v) is 11.0. The number of rotatable bonds is 8. The van der Waals surface area contributed by atoms with E-state index < -0.39 is 24.1 Å². The molecule has 12 heteroatoms. The van der Waals surface area contributed by atoms with Crippen molar-refractivity contribution in [2.24, 2.45) is 0 Å². The number of hydrogen-bond acceptors (Lipinski definition) is 8. The van der Waals surface area contributed by atoms with Crippen LogP contribution in [0.1, 0.15) is 27.3 Å². The number of para-hydroxylation sites is 1. The Labute approximate surface area is 204 Å². The number of nitrogens with zero attached hydrogens (tertiary/aromatic N) is 4. The van der Waals surface area contributed by atoms with Crippen molar-refractivity contribution in [1.29, 1.82) is 0 Å². The van der Waals surface area contributed by atoms with Crippen molar-refractivity contribution in [3.63, 3.8) is 0 Å². The summed E-state index contributed by atoms with van der Waals surface area (Å²) < 4.78 is 20.3. The van der Waals surface area contributed by atoms with Crippen molar-refractivity contribution < 1.29 is 23.8 Å². The van der Waals surface area contributed by atoms with Crippen LogP contribution < -0.4 is 20.7 Å². The number of carbonyl (C=O) groups is 2. The fourth-order valence-corrected chi connectivity index (χ4v) is 3.80. The molecule has 1 aliphatic carbocycles. The number of ether oxygens (including phenoxy) is 1. The van der Waals surface area contributed by atoms with Gasteiger partial charge >= 0.3 is 5.97 Å².